The monoisotopic (exact) mass is 304 g/mol. The van der Waals surface area contributed by atoms with E-state index in [9.17, 15) is 5.11 Å². The maximum Gasteiger partial charge on any atom is 0.191 e. The van der Waals surface area contributed by atoms with Crippen LogP contribution >= 0.6 is 0 Å². The first kappa shape index (κ1) is 16.7. The van der Waals surface area contributed by atoms with Crippen molar-refractivity contribution < 1.29 is 5.11 Å². The van der Waals surface area contributed by atoms with Gasteiger partial charge in [-0.25, -0.2) is 0 Å². The summed E-state index contributed by atoms with van der Waals surface area (Å²) in [4.78, 5) is 8.50. The van der Waals surface area contributed by atoms with Crippen LogP contribution < -0.4 is 10.6 Å². The van der Waals surface area contributed by atoms with Gasteiger partial charge in [-0.15, -0.1) is 0 Å². The molecule has 1 aliphatic carbocycles. The number of rotatable bonds is 5. The number of aromatic nitrogens is 1. The van der Waals surface area contributed by atoms with Crippen LogP contribution in [0.15, 0.2) is 29.5 Å². The highest BCUT2D eigenvalue weighted by atomic mass is 16.3. The molecule has 0 radical (unpaired) electrons. The Kier molecular flexibility index (Phi) is 6.65. The first-order valence-electron chi connectivity index (χ1n) is 8.32. The lowest BCUT2D eigenvalue weighted by Gasteiger charge is -2.29. The lowest BCUT2D eigenvalue weighted by molar-refractivity contribution is 0.187. The second-order valence-electron chi connectivity index (χ2n) is 6.13. The van der Waals surface area contributed by atoms with Crippen LogP contribution in [0.3, 0.4) is 0 Å². The molecule has 1 saturated carbocycles. The molecule has 22 heavy (non-hydrogen) atoms. The van der Waals surface area contributed by atoms with E-state index in [1.165, 1.54) is 25.7 Å². The van der Waals surface area contributed by atoms with E-state index in [4.69, 9.17) is 0 Å². The van der Waals surface area contributed by atoms with Gasteiger partial charge < -0.3 is 15.7 Å². The van der Waals surface area contributed by atoms with Gasteiger partial charge in [-0.1, -0.05) is 19.8 Å². The number of hydrogen-bond acceptors (Lipinski definition) is 3. The number of hydrogen-bond donors (Lipinski definition) is 3. The molecule has 0 spiro atoms. The van der Waals surface area contributed by atoms with E-state index in [1.54, 1.807) is 12.4 Å². The molecule has 2 rings (SSSR count). The highest BCUT2D eigenvalue weighted by molar-refractivity contribution is 5.80. The normalized spacial score (nSPS) is 23.9. The molecule has 1 heterocycles. The summed E-state index contributed by atoms with van der Waals surface area (Å²) in [6.07, 6.45) is 7.78. The molecular weight excluding hydrogens is 276 g/mol. The van der Waals surface area contributed by atoms with Crippen molar-refractivity contribution in [1.29, 1.82) is 0 Å². The molecule has 1 fully saturated rings. The fourth-order valence-corrected chi connectivity index (χ4v) is 2.95. The Morgan fingerprint density at radius 3 is 2.86 bits per heavy atom. The smallest absolute Gasteiger partial charge is 0.191 e. The van der Waals surface area contributed by atoms with Crippen molar-refractivity contribution in [3.63, 3.8) is 0 Å². The van der Waals surface area contributed by atoms with Gasteiger partial charge in [0.05, 0.1) is 12.6 Å². The quantitative estimate of drug-likeness (QED) is 0.576. The number of nitrogens with zero attached hydrogens (tertiary/aromatic N) is 2. The molecule has 0 aromatic carbocycles. The molecular formula is C17H28N4O. The van der Waals surface area contributed by atoms with Crippen molar-refractivity contribution in [2.24, 2.45) is 10.9 Å². The first-order chi connectivity index (χ1) is 10.7. The Labute approximate surface area is 133 Å². The molecule has 1 aromatic rings. The molecule has 3 unspecified atom stereocenters. The van der Waals surface area contributed by atoms with Crippen LogP contribution in [-0.2, 0) is 0 Å². The van der Waals surface area contributed by atoms with Crippen LogP contribution in [0.5, 0.6) is 0 Å². The third-order valence-corrected chi connectivity index (χ3v) is 4.13. The number of guanidine groups is 1. The third kappa shape index (κ3) is 5.30. The zero-order chi connectivity index (χ0) is 15.8. The summed E-state index contributed by atoms with van der Waals surface area (Å²) in [5.41, 5.74) is 0.848. The predicted octanol–water partition coefficient (Wildman–Crippen LogP) is 2.25. The average molecular weight is 304 g/mol. The maximum atomic E-state index is 10.2. The van der Waals surface area contributed by atoms with Gasteiger partial charge in [0.1, 0.15) is 0 Å². The summed E-state index contributed by atoms with van der Waals surface area (Å²) in [6.45, 7) is 5.53. The zero-order valence-electron chi connectivity index (χ0n) is 13.6. The maximum absolute atomic E-state index is 10.2. The summed E-state index contributed by atoms with van der Waals surface area (Å²) in [5, 5.41) is 17.0. The Morgan fingerprint density at radius 2 is 2.18 bits per heavy atom. The van der Waals surface area contributed by atoms with Gasteiger partial charge in [-0.05, 0) is 43.4 Å². The van der Waals surface area contributed by atoms with Crippen LogP contribution in [0.4, 0.5) is 0 Å². The van der Waals surface area contributed by atoms with E-state index in [-0.39, 0.29) is 0 Å². The van der Waals surface area contributed by atoms with E-state index >= 15 is 0 Å². The lowest BCUT2D eigenvalue weighted by Crippen LogP contribution is -2.45. The average Bonchev–Trinajstić information content (AvgIpc) is 2.53. The van der Waals surface area contributed by atoms with E-state index in [0.717, 1.165) is 24.0 Å². The van der Waals surface area contributed by atoms with Gasteiger partial charge in [0, 0.05) is 25.0 Å². The Bertz CT molecular complexity index is 463. The number of pyridine rings is 1. The minimum absolute atomic E-state index is 0.349. The highest BCUT2D eigenvalue weighted by Crippen LogP contribution is 2.23. The van der Waals surface area contributed by atoms with Gasteiger partial charge in [0.25, 0.3) is 0 Å². The topological polar surface area (TPSA) is 69.5 Å². The van der Waals surface area contributed by atoms with Crippen LogP contribution in [0.25, 0.3) is 0 Å². The number of aliphatic hydroxyl groups excluding tert-OH is 1. The molecule has 0 amide bonds. The van der Waals surface area contributed by atoms with Crippen molar-refractivity contribution in [1.82, 2.24) is 15.6 Å². The molecule has 3 N–H and O–H groups in total. The molecule has 5 nitrogen and oxygen atoms in total. The van der Waals surface area contributed by atoms with Gasteiger partial charge in [0.2, 0.25) is 0 Å². The standard InChI is InChI=1S/C17H28N4O/c1-3-19-17(21-15-6-4-5-13(2)11-15)20-12-16(22)14-7-9-18-10-8-14/h7-10,13,15-16,22H,3-6,11-12H2,1-2H3,(H2,19,20,21). The fraction of sp³-hybridized carbons (Fsp3) is 0.647. The second kappa shape index (κ2) is 8.73. The van der Waals surface area contributed by atoms with Crippen LogP contribution in [0, 0.1) is 5.92 Å². The van der Waals surface area contributed by atoms with Gasteiger partial charge in [-0.2, -0.15) is 0 Å². The van der Waals surface area contributed by atoms with Crippen molar-refractivity contribution in [3.05, 3.63) is 30.1 Å². The Hall–Kier alpha value is -1.62. The highest BCUT2D eigenvalue weighted by Gasteiger charge is 2.19. The minimum Gasteiger partial charge on any atom is -0.386 e. The largest absolute Gasteiger partial charge is 0.386 e. The van der Waals surface area contributed by atoms with Crippen LogP contribution in [-0.4, -0.2) is 35.2 Å². The molecule has 3 atom stereocenters. The molecule has 122 valence electrons. The number of aliphatic hydroxyl groups is 1. The van der Waals surface area contributed by atoms with Gasteiger partial charge >= 0.3 is 0 Å². The van der Waals surface area contributed by atoms with Crippen LogP contribution in [0.2, 0.25) is 0 Å². The molecule has 1 aromatic heterocycles. The lowest BCUT2D eigenvalue weighted by atomic mass is 9.87. The first-order valence-corrected chi connectivity index (χ1v) is 8.32. The number of nitrogens with one attached hydrogen (secondary N) is 2. The Morgan fingerprint density at radius 1 is 1.41 bits per heavy atom. The molecule has 0 bridgehead atoms. The van der Waals surface area contributed by atoms with E-state index < -0.39 is 6.10 Å². The third-order valence-electron chi connectivity index (χ3n) is 4.13. The molecule has 0 saturated heterocycles. The summed E-state index contributed by atoms with van der Waals surface area (Å²) >= 11 is 0. The SMILES string of the molecule is CCNC(=NCC(O)c1ccncc1)NC1CCCC(C)C1. The van der Waals surface area contributed by atoms with Crippen LogP contribution in [0.1, 0.15) is 51.2 Å². The second-order valence-corrected chi connectivity index (χ2v) is 6.13. The fourth-order valence-electron chi connectivity index (χ4n) is 2.95. The summed E-state index contributed by atoms with van der Waals surface area (Å²) < 4.78 is 0. The van der Waals surface area contributed by atoms with Gasteiger partial charge in [-0.3, -0.25) is 9.98 Å². The minimum atomic E-state index is -0.594. The Balaban J connectivity index is 1.91. The summed E-state index contributed by atoms with van der Waals surface area (Å²) in [7, 11) is 0. The van der Waals surface area contributed by atoms with E-state index in [2.05, 4.69) is 34.5 Å². The summed E-state index contributed by atoms with van der Waals surface area (Å²) in [6, 6.07) is 4.13. The van der Waals surface area contributed by atoms with Crippen molar-refractivity contribution in [3.8, 4) is 0 Å². The van der Waals surface area contributed by atoms with Crippen molar-refractivity contribution in [2.75, 3.05) is 13.1 Å². The summed E-state index contributed by atoms with van der Waals surface area (Å²) in [5.74, 6) is 1.58. The van der Waals surface area contributed by atoms with Crippen molar-refractivity contribution in [2.45, 2.75) is 51.7 Å². The molecule has 5 heteroatoms. The van der Waals surface area contributed by atoms with Crippen molar-refractivity contribution >= 4 is 5.96 Å². The molecule has 0 aliphatic heterocycles. The molecule has 1 aliphatic rings. The van der Waals surface area contributed by atoms with E-state index in [0.29, 0.717) is 12.6 Å². The zero-order valence-corrected chi connectivity index (χ0v) is 13.6. The van der Waals surface area contributed by atoms with Gasteiger partial charge in [0.15, 0.2) is 5.96 Å². The predicted molar refractivity (Wildman–Crippen MR) is 89.7 cm³/mol. The van der Waals surface area contributed by atoms with E-state index in [1.807, 2.05) is 12.1 Å². The number of aliphatic imine (C=N–C) groups is 1.